The summed E-state index contributed by atoms with van der Waals surface area (Å²) in [6.45, 7) is 7.91. The molecule has 1 heterocycles. The average molecular weight is 161 g/mol. The number of rotatable bonds is 3. The van der Waals surface area contributed by atoms with Crippen LogP contribution in [0.3, 0.4) is 0 Å². The van der Waals surface area contributed by atoms with E-state index in [1.807, 2.05) is 19.1 Å². The molecule has 0 N–H and O–H groups in total. The molecule has 64 valence electrons. The highest BCUT2D eigenvalue weighted by molar-refractivity contribution is 5.91. The lowest BCUT2D eigenvalue weighted by Crippen LogP contribution is -1.90. The summed E-state index contributed by atoms with van der Waals surface area (Å²) in [4.78, 5) is 4.45. The van der Waals surface area contributed by atoms with Gasteiger partial charge in [0.25, 0.3) is 0 Å². The lowest BCUT2D eigenvalue weighted by Gasteiger charge is -1.93. The summed E-state index contributed by atoms with van der Waals surface area (Å²) in [7, 11) is 0. The first kappa shape index (κ1) is 8.98. The maximum Gasteiger partial charge on any atom is 0.0658 e. The van der Waals surface area contributed by atoms with Crippen molar-refractivity contribution in [3.05, 3.63) is 36.1 Å². The molecule has 1 aliphatic heterocycles. The van der Waals surface area contributed by atoms with Crippen molar-refractivity contribution >= 4 is 5.71 Å². The standard InChI is InChI=1S/C11H15N/c1-4-7-9-8-10(5-2)12-11(9)6-3/h4,6-7H,3,5,8H2,1-2H3/b7-4+. The molecule has 0 amide bonds. The van der Waals surface area contributed by atoms with Crippen molar-refractivity contribution in [2.75, 3.05) is 0 Å². The number of hydrogen-bond donors (Lipinski definition) is 0. The molecular formula is C11H15N. The van der Waals surface area contributed by atoms with Crippen LogP contribution in [0.15, 0.2) is 41.1 Å². The SMILES string of the molecule is C=CC1=C(/C=C/C)CC(CC)=N1. The van der Waals surface area contributed by atoms with Gasteiger partial charge in [-0.3, -0.25) is 4.99 Å². The summed E-state index contributed by atoms with van der Waals surface area (Å²) in [5.74, 6) is 0. The molecule has 0 saturated heterocycles. The molecule has 0 saturated carbocycles. The van der Waals surface area contributed by atoms with Crippen molar-refractivity contribution < 1.29 is 0 Å². The first-order valence-electron chi connectivity index (χ1n) is 4.36. The second-order valence-electron chi connectivity index (χ2n) is 2.82. The fourth-order valence-corrected chi connectivity index (χ4v) is 1.32. The maximum absolute atomic E-state index is 4.45. The molecule has 0 atom stereocenters. The number of allylic oxidation sites excluding steroid dienone is 4. The van der Waals surface area contributed by atoms with Gasteiger partial charge in [0.15, 0.2) is 0 Å². The molecule has 1 aliphatic rings. The summed E-state index contributed by atoms with van der Waals surface area (Å²) in [5, 5.41) is 0. The van der Waals surface area contributed by atoms with E-state index in [2.05, 4.69) is 24.6 Å². The Hall–Kier alpha value is -1.11. The zero-order chi connectivity index (χ0) is 8.97. The third kappa shape index (κ3) is 1.73. The largest absolute Gasteiger partial charge is 0.257 e. The van der Waals surface area contributed by atoms with Crippen LogP contribution in [0.25, 0.3) is 0 Å². The molecular weight excluding hydrogens is 146 g/mol. The van der Waals surface area contributed by atoms with Crippen LogP contribution in [0.5, 0.6) is 0 Å². The monoisotopic (exact) mass is 161 g/mol. The van der Waals surface area contributed by atoms with E-state index in [1.165, 1.54) is 11.3 Å². The average Bonchev–Trinajstić information content (AvgIpc) is 2.48. The fraction of sp³-hybridized carbons (Fsp3) is 0.364. The van der Waals surface area contributed by atoms with E-state index in [-0.39, 0.29) is 0 Å². The number of hydrogen-bond acceptors (Lipinski definition) is 1. The summed E-state index contributed by atoms with van der Waals surface area (Å²) in [6, 6.07) is 0. The van der Waals surface area contributed by atoms with Crippen LogP contribution in [0.2, 0.25) is 0 Å². The Kier molecular flexibility index (Phi) is 3.03. The van der Waals surface area contributed by atoms with Gasteiger partial charge in [-0.1, -0.05) is 25.7 Å². The Morgan fingerprint density at radius 3 is 2.83 bits per heavy atom. The Bertz CT molecular complexity index is 267. The normalized spacial score (nSPS) is 17.3. The molecule has 0 aliphatic carbocycles. The van der Waals surface area contributed by atoms with Gasteiger partial charge in [0.2, 0.25) is 0 Å². The van der Waals surface area contributed by atoms with Gasteiger partial charge < -0.3 is 0 Å². The predicted molar refractivity (Wildman–Crippen MR) is 54.4 cm³/mol. The Morgan fingerprint density at radius 2 is 2.33 bits per heavy atom. The second kappa shape index (κ2) is 4.05. The van der Waals surface area contributed by atoms with Crippen molar-refractivity contribution in [2.45, 2.75) is 26.7 Å². The van der Waals surface area contributed by atoms with Crippen LogP contribution in [0, 0.1) is 0 Å². The molecule has 0 aromatic rings. The molecule has 0 spiro atoms. The van der Waals surface area contributed by atoms with Gasteiger partial charge in [-0.05, 0) is 25.0 Å². The van der Waals surface area contributed by atoms with Crippen molar-refractivity contribution in [1.29, 1.82) is 0 Å². The molecule has 0 bridgehead atoms. The van der Waals surface area contributed by atoms with Gasteiger partial charge in [0, 0.05) is 12.1 Å². The van der Waals surface area contributed by atoms with Crippen LogP contribution < -0.4 is 0 Å². The van der Waals surface area contributed by atoms with Gasteiger partial charge in [0.1, 0.15) is 0 Å². The maximum atomic E-state index is 4.45. The van der Waals surface area contributed by atoms with E-state index in [4.69, 9.17) is 0 Å². The van der Waals surface area contributed by atoms with E-state index in [1.54, 1.807) is 0 Å². The first-order chi connectivity index (χ1) is 5.81. The van der Waals surface area contributed by atoms with Gasteiger partial charge in [0.05, 0.1) is 5.70 Å². The smallest absolute Gasteiger partial charge is 0.0658 e. The highest BCUT2D eigenvalue weighted by Gasteiger charge is 2.11. The molecule has 0 fully saturated rings. The highest BCUT2D eigenvalue weighted by atomic mass is 14.8. The van der Waals surface area contributed by atoms with Crippen molar-refractivity contribution in [3.8, 4) is 0 Å². The predicted octanol–water partition coefficient (Wildman–Crippen LogP) is 3.26. The topological polar surface area (TPSA) is 12.4 Å². The van der Waals surface area contributed by atoms with Gasteiger partial charge in [-0.25, -0.2) is 0 Å². The lowest BCUT2D eigenvalue weighted by atomic mass is 10.1. The van der Waals surface area contributed by atoms with E-state index >= 15 is 0 Å². The summed E-state index contributed by atoms with van der Waals surface area (Å²) in [5.41, 5.74) is 3.60. The minimum absolute atomic E-state index is 1.00. The molecule has 0 radical (unpaired) electrons. The second-order valence-corrected chi connectivity index (χ2v) is 2.82. The van der Waals surface area contributed by atoms with Crippen LogP contribution in [-0.4, -0.2) is 5.71 Å². The van der Waals surface area contributed by atoms with Crippen LogP contribution in [-0.2, 0) is 0 Å². The third-order valence-electron chi connectivity index (χ3n) is 1.97. The van der Waals surface area contributed by atoms with E-state index in [9.17, 15) is 0 Å². The third-order valence-corrected chi connectivity index (χ3v) is 1.97. The Labute approximate surface area is 74.2 Å². The van der Waals surface area contributed by atoms with Crippen LogP contribution in [0.1, 0.15) is 26.7 Å². The molecule has 1 heteroatoms. The molecule has 1 rings (SSSR count). The minimum Gasteiger partial charge on any atom is -0.257 e. The van der Waals surface area contributed by atoms with Crippen LogP contribution in [0.4, 0.5) is 0 Å². The molecule has 0 aromatic carbocycles. The van der Waals surface area contributed by atoms with Crippen LogP contribution >= 0.6 is 0 Å². The summed E-state index contributed by atoms with van der Waals surface area (Å²) < 4.78 is 0. The van der Waals surface area contributed by atoms with Crippen molar-refractivity contribution in [3.63, 3.8) is 0 Å². The molecule has 0 aromatic heterocycles. The van der Waals surface area contributed by atoms with Gasteiger partial charge >= 0.3 is 0 Å². The van der Waals surface area contributed by atoms with E-state index in [0.717, 1.165) is 18.5 Å². The van der Waals surface area contributed by atoms with Crippen molar-refractivity contribution in [2.24, 2.45) is 4.99 Å². The van der Waals surface area contributed by atoms with Gasteiger partial charge in [-0.2, -0.15) is 0 Å². The fourth-order valence-electron chi connectivity index (χ4n) is 1.32. The zero-order valence-electron chi connectivity index (χ0n) is 7.80. The molecule has 1 nitrogen and oxygen atoms in total. The summed E-state index contributed by atoms with van der Waals surface area (Å²) in [6.07, 6.45) is 8.04. The molecule has 0 unspecified atom stereocenters. The highest BCUT2D eigenvalue weighted by Crippen LogP contribution is 2.22. The number of aliphatic imine (C=N–C) groups is 1. The van der Waals surface area contributed by atoms with Gasteiger partial charge in [-0.15, -0.1) is 0 Å². The minimum atomic E-state index is 1.00. The van der Waals surface area contributed by atoms with E-state index < -0.39 is 0 Å². The van der Waals surface area contributed by atoms with E-state index in [0.29, 0.717) is 0 Å². The zero-order valence-corrected chi connectivity index (χ0v) is 7.80. The quantitative estimate of drug-likeness (QED) is 0.602. The Balaban J connectivity index is 2.84. The first-order valence-corrected chi connectivity index (χ1v) is 4.36. The molecule has 12 heavy (non-hydrogen) atoms. The number of nitrogens with zero attached hydrogens (tertiary/aromatic N) is 1. The Morgan fingerprint density at radius 1 is 1.58 bits per heavy atom. The van der Waals surface area contributed by atoms with Crippen molar-refractivity contribution in [1.82, 2.24) is 0 Å². The summed E-state index contributed by atoms with van der Waals surface area (Å²) >= 11 is 0. The lowest BCUT2D eigenvalue weighted by molar-refractivity contribution is 1.22.